The second-order valence-electron chi connectivity index (χ2n) is 5.41. The number of hydrogen-bond acceptors (Lipinski definition) is 3. The Balaban J connectivity index is 2.39. The maximum absolute atomic E-state index is 11.4. The highest BCUT2D eigenvalue weighted by atomic mass is 79.9. The predicted octanol–water partition coefficient (Wildman–Crippen LogP) is 2.74. The molecule has 5 heteroatoms. The Kier molecular flexibility index (Phi) is 5.05. The predicted molar refractivity (Wildman–Crippen MR) is 83.6 cm³/mol. The van der Waals surface area contributed by atoms with Crippen molar-refractivity contribution >= 4 is 27.5 Å². The zero-order valence-corrected chi connectivity index (χ0v) is 13.3. The zero-order valence-electron chi connectivity index (χ0n) is 11.7. The van der Waals surface area contributed by atoms with Crippen molar-refractivity contribution < 1.29 is 9.90 Å². The summed E-state index contributed by atoms with van der Waals surface area (Å²) in [5, 5.41) is 9.99. The van der Waals surface area contributed by atoms with E-state index in [1.807, 2.05) is 18.2 Å². The van der Waals surface area contributed by atoms with E-state index in [0.29, 0.717) is 6.04 Å². The van der Waals surface area contributed by atoms with E-state index in [9.17, 15) is 9.90 Å². The smallest absolute Gasteiger partial charge is 0.236 e. The van der Waals surface area contributed by atoms with Gasteiger partial charge in [-0.2, -0.15) is 0 Å². The van der Waals surface area contributed by atoms with Gasteiger partial charge < -0.3 is 15.7 Å². The van der Waals surface area contributed by atoms with Crippen molar-refractivity contribution in [1.29, 1.82) is 0 Å². The summed E-state index contributed by atoms with van der Waals surface area (Å²) in [7, 11) is 0. The first kappa shape index (κ1) is 15.3. The van der Waals surface area contributed by atoms with Gasteiger partial charge in [-0.25, -0.2) is 0 Å². The second kappa shape index (κ2) is 6.59. The van der Waals surface area contributed by atoms with Crippen LogP contribution in [0.15, 0.2) is 22.7 Å². The number of halogens is 1. The van der Waals surface area contributed by atoms with Crippen LogP contribution in [0.1, 0.15) is 44.3 Å². The van der Waals surface area contributed by atoms with E-state index < -0.39 is 6.10 Å². The summed E-state index contributed by atoms with van der Waals surface area (Å²) in [6.45, 7) is 1.94. The van der Waals surface area contributed by atoms with Gasteiger partial charge in [0.25, 0.3) is 0 Å². The molecule has 0 aliphatic heterocycles. The standard InChI is InChI=1S/C15H21BrN2O2/c1-10(19)13-8-11(16)6-7-14(13)18(9-15(17)20)12-4-2-3-5-12/h6-8,10,12,19H,2-5,9H2,1H3,(H2,17,20). The number of carbonyl (C=O) groups excluding carboxylic acids is 1. The van der Waals surface area contributed by atoms with Gasteiger partial charge in [-0.3, -0.25) is 4.79 Å². The molecule has 0 radical (unpaired) electrons. The van der Waals surface area contributed by atoms with Crippen LogP contribution in [0, 0.1) is 0 Å². The number of benzene rings is 1. The van der Waals surface area contributed by atoms with Gasteiger partial charge in [0.2, 0.25) is 5.91 Å². The Labute approximate surface area is 128 Å². The van der Waals surface area contributed by atoms with E-state index in [1.54, 1.807) is 6.92 Å². The van der Waals surface area contributed by atoms with E-state index in [4.69, 9.17) is 5.73 Å². The topological polar surface area (TPSA) is 66.6 Å². The fourth-order valence-corrected chi connectivity index (χ4v) is 3.30. The molecule has 1 fully saturated rings. The lowest BCUT2D eigenvalue weighted by Gasteiger charge is -2.32. The average molecular weight is 341 g/mol. The fraction of sp³-hybridized carbons (Fsp3) is 0.533. The molecule has 1 aliphatic rings. The number of nitrogens with two attached hydrogens (primary N) is 1. The number of rotatable bonds is 5. The molecule has 3 N–H and O–H groups in total. The molecule has 1 saturated carbocycles. The first-order valence-electron chi connectivity index (χ1n) is 7.01. The molecule has 2 rings (SSSR count). The third-order valence-electron chi connectivity index (χ3n) is 3.84. The van der Waals surface area contributed by atoms with E-state index in [2.05, 4.69) is 20.8 Å². The Morgan fingerprint density at radius 1 is 1.50 bits per heavy atom. The minimum atomic E-state index is -0.584. The number of amides is 1. The lowest BCUT2D eigenvalue weighted by molar-refractivity contribution is -0.116. The molecule has 1 unspecified atom stereocenters. The molecule has 110 valence electrons. The Morgan fingerprint density at radius 2 is 2.15 bits per heavy atom. The van der Waals surface area contributed by atoms with Gasteiger partial charge in [-0.1, -0.05) is 28.8 Å². The van der Waals surface area contributed by atoms with Crippen LogP contribution in [0.3, 0.4) is 0 Å². The van der Waals surface area contributed by atoms with Gasteiger partial charge in [-0.15, -0.1) is 0 Å². The van der Waals surface area contributed by atoms with E-state index in [0.717, 1.165) is 28.6 Å². The minimum Gasteiger partial charge on any atom is -0.389 e. The SMILES string of the molecule is CC(O)c1cc(Br)ccc1N(CC(N)=O)C1CCCC1. The van der Waals surface area contributed by atoms with Crippen LogP contribution in [-0.4, -0.2) is 23.6 Å². The highest BCUT2D eigenvalue weighted by Gasteiger charge is 2.26. The highest BCUT2D eigenvalue weighted by Crippen LogP contribution is 2.34. The number of primary amides is 1. The molecule has 1 amide bonds. The van der Waals surface area contributed by atoms with Gasteiger partial charge >= 0.3 is 0 Å². The first-order valence-corrected chi connectivity index (χ1v) is 7.81. The van der Waals surface area contributed by atoms with Gasteiger partial charge in [0, 0.05) is 21.8 Å². The molecular weight excluding hydrogens is 320 g/mol. The quantitative estimate of drug-likeness (QED) is 0.865. The molecule has 0 bridgehead atoms. The molecule has 0 spiro atoms. The lowest BCUT2D eigenvalue weighted by atomic mass is 10.0. The Hall–Kier alpha value is -1.07. The summed E-state index contributed by atoms with van der Waals surface area (Å²) in [5.41, 5.74) is 7.14. The normalized spacial score (nSPS) is 17.1. The molecule has 1 aromatic carbocycles. The highest BCUT2D eigenvalue weighted by molar-refractivity contribution is 9.10. The minimum absolute atomic E-state index is 0.200. The second-order valence-corrected chi connectivity index (χ2v) is 6.33. The van der Waals surface area contributed by atoms with Crippen molar-refractivity contribution in [1.82, 2.24) is 0 Å². The van der Waals surface area contributed by atoms with Crippen molar-refractivity contribution in [2.45, 2.75) is 44.8 Å². The molecule has 1 aromatic rings. The summed E-state index contributed by atoms with van der Waals surface area (Å²) < 4.78 is 0.919. The lowest BCUT2D eigenvalue weighted by Crippen LogP contribution is -2.40. The van der Waals surface area contributed by atoms with Crippen LogP contribution in [-0.2, 0) is 4.79 Å². The molecule has 0 saturated heterocycles. The largest absolute Gasteiger partial charge is 0.389 e. The van der Waals surface area contributed by atoms with Crippen LogP contribution < -0.4 is 10.6 Å². The van der Waals surface area contributed by atoms with Gasteiger partial charge in [0.05, 0.1) is 12.6 Å². The third-order valence-corrected chi connectivity index (χ3v) is 4.33. The number of carbonyl (C=O) groups is 1. The van der Waals surface area contributed by atoms with Crippen molar-refractivity contribution in [2.24, 2.45) is 5.73 Å². The maximum Gasteiger partial charge on any atom is 0.236 e. The van der Waals surface area contributed by atoms with E-state index in [1.165, 1.54) is 12.8 Å². The molecule has 20 heavy (non-hydrogen) atoms. The number of aliphatic hydroxyl groups excluding tert-OH is 1. The monoisotopic (exact) mass is 340 g/mol. The van der Waals surface area contributed by atoms with Crippen molar-refractivity contribution in [3.05, 3.63) is 28.2 Å². The molecule has 1 aliphatic carbocycles. The fourth-order valence-electron chi connectivity index (χ4n) is 2.92. The molecular formula is C15H21BrN2O2. The zero-order chi connectivity index (χ0) is 14.7. The number of hydrogen-bond donors (Lipinski definition) is 2. The van der Waals surface area contributed by atoms with Crippen LogP contribution in [0.2, 0.25) is 0 Å². The van der Waals surface area contributed by atoms with Gasteiger partial charge in [-0.05, 0) is 38.0 Å². The van der Waals surface area contributed by atoms with E-state index >= 15 is 0 Å². The average Bonchev–Trinajstić information content (AvgIpc) is 2.89. The number of nitrogens with zero attached hydrogens (tertiary/aromatic N) is 1. The summed E-state index contributed by atoms with van der Waals surface area (Å²) in [6, 6.07) is 6.13. The Morgan fingerprint density at radius 3 is 2.70 bits per heavy atom. The third kappa shape index (κ3) is 3.52. The van der Waals surface area contributed by atoms with Crippen LogP contribution in [0.5, 0.6) is 0 Å². The van der Waals surface area contributed by atoms with Gasteiger partial charge in [0.1, 0.15) is 0 Å². The van der Waals surface area contributed by atoms with Gasteiger partial charge in [0.15, 0.2) is 0 Å². The number of aliphatic hydroxyl groups is 1. The summed E-state index contributed by atoms with van der Waals surface area (Å²) in [4.78, 5) is 13.5. The van der Waals surface area contributed by atoms with Crippen molar-refractivity contribution in [3.8, 4) is 0 Å². The summed E-state index contributed by atoms with van der Waals surface area (Å²) >= 11 is 3.43. The van der Waals surface area contributed by atoms with Crippen LogP contribution >= 0.6 is 15.9 Å². The van der Waals surface area contributed by atoms with Crippen LogP contribution in [0.4, 0.5) is 5.69 Å². The Bertz CT molecular complexity index is 485. The van der Waals surface area contributed by atoms with Crippen molar-refractivity contribution in [2.75, 3.05) is 11.4 Å². The summed E-state index contributed by atoms with van der Waals surface area (Å²) in [6.07, 6.45) is 3.92. The summed E-state index contributed by atoms with van der Waals surface area (Å²) in [5.74, 6) is -0.337. The number of anilines is 1. The molecule has 0 aromatic heterocycles. The maximum atomic E-state index is 11.4. The molecule has 4 nitrogen and oxygen atoms in total. The first-order chi connectivity index (χ1) is 9.49. The van der Waals surface area contributed by atoms with E-state index in [-0.39, 0.29) is 12.5 Å². The molecule has 1 atom stereocenters. The molecule has 0 heterocycles. The van der Waals surface area contributed by atoms with Crippen LogP contribution in [0.25, 0.3) is 0 Å². The van der Waals surface area contributed by atoms with Crippen molar-refractivity contribution in [3.63, 3.8) is 0 Å².